The van der Waals surface area contributed by atoms with Crippen LogP contribution in [0.15, 0.2) is 0 Å². The predicted molar refractivity (Wildman–Crippen MR) is 78.3 cm³/mol. The number of rotatable bonds is 2. The first kappa shape index (κ1) is 12.6. The first-order valence-electron chi connectivity index (χ1n) is 8.46. The van der Waals surface area contributed by atoms with E-state index in [9.17, 15) is 0 Å². The number of nitrogens with one attached hydrogen (secondary N) is 1. The highest BCUT2D eigenvalue weighted by atomic mass is 15.3. The number of hydrogen-bond donors (Lipinski definition) is 1. The van der Waals surface area contributed by atoms with Gasteiger partial charge in [-0.3, -0.25) is 9.80 Å². The fourth-order valence-corrected chi connectivity index (χ4v) is 5.01. The molecule has 1 aliphatic carbocycles. The maximum absolute atomic E-state index is 3.52. The maximum atomic E-state index is 3.52. The Morgan fingerprint density at radius 2 is 2.05 bits per heavy atom. The molecule has 3 saturated heterocycles. The van der Waals surface area contributed by atoms with Crippen molar-refractivity contribution in [2.75, 3.05) is 39.3 Å². The highest BCUT2D eigenvalue weighted by Gasteiger charge is 2.54. The molecule has 4 fully saturated rings. The molecule has 3 nitrogen and oxygen atoms in total. The number of piperidine rings is 1. The summed E-state index contributed by atoms with van der Waals surface area (Å²) in [6.45, 7) is 10.4. The van der Waals surface area contributed by atoms with Gasteiger partial charge < -0.3 is 5.32 Å². The molecule has 0 amide bonds. The molecule has 4 rings (SSSR count). The smallest absolute Gasteiger partial charge is 0.0224 e. The number of piperazine rings is 1. The Hall–Kier alpha value is -0.120. The van der Waals surface area contributed by atoms with Crippen molar-refractivity contribution in [2.45, 2.75) is 51.1 Å². The second-order valence-electron chi connectivity index (χ2n) is 7.61. The molecule has 0 aromatic rings. The third-order valence-electron chi connectivity index (χ3n) is 6.48. The lowest BCUT2D eigenvalue weighted by molar-refractivity contribution is 0.0521. The summed E-state index contributed by atoms with van der Waals surface area (Å²) in [5.41, 5.74) is 0.762. The molecule has 1 spiro atoms. The molecule has 4 aliphatic rings. The lowest BCUT2D eigenvalue weighted by atomic mass is 9.91. The Labute approximate surface area is 117 Å². The van der Waals surface area contributed by atoms with Gasteiger partial charge in [0, 0.05) is 31.7 Å². The van der Waals surface area contributed by atoms with Gasteiger partial charge in [-0.15, -0.1) is 0 Å². The van der Waals surface area contributed by atoms with Crippen LogP contribution in [0.5, 0.6) is 0 Å². The number of fused-ring (bicyclic) bond motifs is 1. The van der Waals surface area contributed by atoms with Gasteiger partial charge >= 0.3 is 0 Å². The van der Waals surface area contributed by atoms with Gasteiger partial charge in [-0.2, -0.15) is 0 Å². The lowest BCUT2D eigenvalue weighted by Crippen LogP contribution is -2.55. The fourth-order valence-electron chi connectivity index (χ4n) is 5.01. The van der Waals surface area contributed by atoms with Crippen molar-refractivity contribution in [3.05, 3.63) is 0 Å². The molecule has 0 radical (unpaired) electrons. The van der Waals surface area contributed by atoms with Crippen molar-refractivity contribution in [3.8, 4) is 0 Å². The van der Waals surface area contributed by atoms with Crippen LogP contribution in [0.2, 0.25) is 0 Å². The maximum Gasteiger partial charge on any atom is 0.0224 e. The Balaban J connectivity index is 1.35. The van der Waals surface area contributed by atoms with E-state index in [1.807, 2.05) is 0 Å². The quantitative estimate of drug-likeness (QED) is 0.815. The highest BCUT2D eigenvalue weighted by molar-refractivity contribution is 5.06. The van der Waals surface area contributed by atoms with Gasteiger partial charge in [-0.25, -0.2) is 0 Å². The summed E-state index contributed by atoms with van der Waals surface area (Å²) in [7, 11) is 0. The molecule has 0 aromatic heterocycles. The van der Waals surface area contributed by atoms with E-state index in [-0.39, 0.29) is 0 Å². The SMILES string of the molecule is CC1CN2CCCC2CN1CC1CC12CCNCC2. The van der Waals surface area contributed by atoms with Crippen LogP contribution in [0.25, 0.3) is 0 Å². The fraction of sp³-hybridized carbons (Fsp3) is 1.00. The van der Waals surface area contributed by atoms with Crippen molar-refractivity contribution in [1.29, 1.82) is 0 Å². The summed E-state index contributed by atoms with van der Waals surface area (Å²) in [5, 5.41) is 3.52. The minimum Gasteiger partial charge on any atom is -0.317 e. The van der Waals surface area contributed by atoms with Crippen molar-refractivity contribution in [1.82, 2.24) is 15.1 Å². The lowest BCUT2D eigenvalue weighted by Gasteiger charge is -2.43. The minimum absolute atomic E-state index is 0.762. The Morgan fingerprint density at radius 1 is 1.21 bits per heavy atom. The summed E-state index contributed by atoms with van der Waals surface area (Å²) < 4.78 is 0. The van der Waals surface area contributed by atoms with Gasteiger partial charge in [0.05, 0.1) is 0 Å². The largest absolute Gasteiger partial charge is 0.317 e. The molecular formula is C16H29N3. The zero-order chi connectivity index (χ0) is 12.9. The summed E-state index contributed by atoms with van der Waals surface area (Å²) in [6.07, 6.45) is 7.28. The van der Waals surface area contributed by atoms with Crippen LogP contribution in [0.4, 0.5) is 0 Å². The van der Waals surface area contributed by atoms with E-state index in [4.69, 9.17) is 0 Å². The Morgan fingerprint density at radius 3 is 2.89 bits per heavy atom. The highest BCUT2D eigenvalue weighted by Crippen LogP contribution is 2.58. The first-order valence-corrected chi connectivity index (χ1v) is 8.46. The molecule has 3 heterocycles. The van der Waals surface area contributed by atoms with E-state index in [2.05, 4.69) is 22.0 Å². The number of nitrogens with zero attached hydrogens (tertiary/aromatic N) is 2. The van der Waals surface area contributed by atoms with Crippen LogP contribution in [0, 0.1) is 11.3 Å². The van der Waals surface area contributed by atoms with Crippen molar-refractivity contribution < 1.29 is 0 Å². The van der Waals surface area contributed by atoms with Gasteiger partial charge in [0.25, 0.3) is 0 Å². The topological polar surface area (TPSA) is 18.5 Å². The third-order valence-corrected chi connectivity index (χ3v) is 6.48. The average molecular weight is 263 g/mol. The molecule has 3 atom stereocenters. The van der Waals surface area contributed by atoms with E-state index >= 15 is 0 Å². The van der Waals surface area contributed by atoms with Crippen molar-refractivity contribution in [2.24, 2.45) is 11.3 Å². The van der Waals surface area contributed by atoms with Crippen LogP contribution >= 0.6 is 0 Å². The van der Waals surface area contributed by atoms with E-state index in [0.717, 1.165) is 23.4 Å². The Bertz CT molecular complexity index is 337. The van der Waals surface area contributed by atoms with E-state index in [1.165, 1.54) is 71.4 Å². The van der Waals surface area contributed by atoms with Gasteiger partial charge in [-0.05, 0) is 70.0 Å². The zero-order valence-electron chi connectivity index (χ0n) is 12.4. The van der Waals surface area contributed by atoms with Gasteiger partial charge in [0.15, 0.2) is 0 Å². The second kappa shape index (κ2) is 4.71. The molecular weight excluding hydrogens is 234 g/mol. The zero-order valence-corrected chi connectivity index (χ0v) is 12.4. The van der Waals surface area contributed by atoms with Crippen LogP contribution in [0.1, 0.15) is 39.0 Å². The molecule has 3 heteroatoms. The monoisotopic (exact) mass is 263 g/mol. The van der Waals surface area contributed by atoms with Crippen LogP contribution in [-0.4, -0.2) is 61.2 Å². The van der Waals surface area contributed by atoms with E-state index < -0.39 is 0 Å². The summed E-state index contributed by atoms with van der Waals surface area (Å²) in [4.78, 5) is 5.57. The third kappa shape index (κ3) is 2.24. The average Bonchev–Trinajstić information content (AvgIpc) is 2.85. The molecule has 19 heavy (non-hydrogen) atoms. The van der Waals surface area contributed by atoms with Crippen LogP contribution in [0.3, 0.4) is 0 Å². The van der Waals surface area contributed by atoms with E-state index in [0.29, 0.717) is 0 Å². The first-order chi connectivity index (χ1) is 9.27. The predicted octanol–water partition coefficient (Wildman–Crippen LogP) is 1.54. The Kier molecular flexibility index (Phi) is 3.13. The molecule has 1 saturated carbocycles. The van der Waals surface area contributed by atoms with Gasteiger partial charge in [-0.1, -0.05) is 0 Å². The number of hydrogen-bond acceptors (Lipinski definition) is 3. The van der Waals surface area contributed by atoms with Crippen LogP contribution < -0.4 is 5.32 Å². The van der Waals surface area contributed by atoms with Crippen molar-refractivity contribution in [3.63, 3.8) is 0 Å². The molecule has 0 aromatic carbocycles. The minimum atomic E-state index is 0.762. The normalized spacial score (nSPS) is 42.5. The molecule has 108 valence electrons. The second-order valence-corrected chi connectivity index (χ2v) is 7.61. The summed E-state index contributed by atoms with van der Waals surface area (Å²) >= 11 is 0. The molecule has 0 bridgehead atoms. The standard InChI is InChI=1S/C16H29N3/c1-13-10-18-8-2-3-15(18)12-19(13)11-14-9-16(14)4-6-17-7-5-16/h13-15,17H,2-12H2,1H3. The van der Waals surface area contributed by atoms with Crippen molar-refractivity contribution >= 4 is 0 Å². The molecule has 1 N–H and O–H groups in total. The summed E-state index contributed by atoms with van der Waals surface area (Å²) in [6, 6.07) is 1.67. The van der Waals surface area contributed by atoms with Gasteiger partial charge in [0.1, 0.15) is 0 Å². The van der Waals surface area contributed by atoms with Crippen LogP contribution in [-0.2, 0) is 0 Å². The molecule has 3 aliphatic heterocycles. The molecule has 3 unspecified atom stereocenters. The van der Waals surface area contributed by atoms with Gasteiger partial charge in [0.2, 0.25) is 0 Å². The summed E-state index contributed by atoms with van der Waals surface area (Å²) in [5.74, 6) is 1.02. The van der Waals surface area contributed by atoms with E-state index in [1.54, 1.807) is 0 Å².